The van der Waals surface area contributed by atoms with E-state index in [4.69, 9.17) is 17.3 Å². The van der Waals surface area contributed by atoms with Crippen LogP contribution in [0.4, 0.5) is 5.82 Å². The number of hydrogen-bond acceptors (Lipinski definition) is 3. The first kappa shape index (κ1) is 10.3. The number of aryl methyl sites for hydroxylation is 1. The van der Waals surface area contributed by atoms with Crippen LogP contribution in [0.2, 0.25) is 5.02 Å². The maximum atomic E-state index is 11.3. The number of nitrogens with two attached hydrogens (primary N) is 1. The summed E-state index contributed by atoms with van der Waals surface area (Å²) in [5, 5.41) is 7.29. The van der Waals surface area contributed by atoms with Gasteiger partial charge < -0.3 is 11.1 Å². The fourth-order valence-corrected chi connectivity index (χ4v) is 1.89. The van der Waals surface area contributed by atoms with Crippen LogP contribution in [0.1, 0.15) is 12.8 Å². The first-order valence-corrected chi connectivity index (χ1v) is 5.31. The summed E-state index contributed by atoms with van der Waals surface area (Å²) in [5.74, 6) is 0.586. The van der Waals surface area contributed by atoms with Crippen LogP contribution in [0.25, 0.3) is 0 Å². The van der Waals surface area contributed by atoms with E-state index in [0.29, 0.717) is 17.4 Å². The predicted octanol–water partition coefficient (Wildman–Crippen LogP) is 0.645. The van der Waals surface area contributed by atoms with Crippen LogP contribution in [0, 0.1) is 5.92 Å². The molecule has 15 heavy (non-hydrogen) atoms. The van der Waals surface area contributed by atoms with Gasteiger partial charge in [0.1, 0.15) is 5.02 Å². The zero-order valence-electron chi connectivity index (χ0n) is 8.24. The molecule has 82 valence electrons. The van der Waals surface area contributed by atoms with E-state index < -0.39 is 0 Å². The Morgan fingerprint density at radius 3 is 3.07 bits per heavy atom. The second-order valence-corrected chi connectivity index (χ2v) is 4.10. The molecule has 5 nitrogen and oxygen atoms in total. The lowest BCUT2D eigenvalue weighted by Crippen LogP contribution is -2.20. The molecule has 0 spiro atoms. The van der Waals surface area contributed by atoms with Gasteiger partial charge in [0.15, 0.2) is 5.82 Å². The van der Waals surface area contributed by atoms with E-state index in [9.17, 15) is 4.79 Å². The summed E-state index contributed by atoms with van der Waals surface area (Å²) in [7, 11) is 0. The number of hydrogen-bond donors (Lipinski definition) is 2. The predicted molar refractivity (Wildman–Crippen MR) is 57.4 cm³/mol. The lowest BCUT2D eigenvalue weighted by Gasteiger charge is -2.05. The summed E-state index contributed by atoms with van der Waals surface area (Å²) in [4.78, 5) is 11.3. The molecule has 1 aliphatic rings. The van der Waals surface area contributed by atoms with Crippen molar-refractivity contribution < 1.29 is 4.79 Å². The Bertz CT molecular complexity index is 357. The van der Waals surface area contributed by atoms with Gasteiger partial charge in [-0.25, -0.2) is 0 Å². The Labute approximate surface area is 92.6 Å². The van der Waals surface area contributed by atoms with E-state index >= 15 is 0 Å². The molecule has 1 aliphatic heterocycles. The van der Waals surface area contributed by atoms with Crippen molar-refractivity contribution in [2.24, 2.45) is 5.92 Å². The molecule has 0 saturated carbocycles. The van der Waals surface area contributed by atoms with Crippen LogP contribution >= 0.6 is 11.6 Å². The third-order valence-electron chi connectivity index (χ3n) is 2.61. The smallest absolute Gasteiger partial charge is 0.223 e. The van der Waals surface area contributed by atoms with Crippen LogP contribution in [-0.2, 0) is 11.3 Å². The molecule has 0 aliphatic carbocycles. The first-order valence-electron chi connectivity index (χ1n) is 4.93. The number of rotatable bonds is 3. The highest BCUT2D eigenvalue weighted by molar-refractivity contribution is 6.32. The molecule has 1 aromatic rings. The van der Waals surface area contributed by atoms with Gasteiger partial charge in [0.25, 0.3) is 0 Å². The highest BCUT2D eigenvalue weighted by Gasteiger charge is 2.23. The van der Waals surface area contributed by atoms with Crippen LogP contribution in [0.15, 0.2) is 6.20 Å². The fourth-order valence-electron chi connectivity index (χ4n) is 1.74. The van der Waals surface area contributed by atoms with Crippen molar-refractivity contribution in [1.82, 2.24) is 15.1 Å². The molecule has 2 rings (SSSR count). The SMILES string of the molecule is Nc1nn(CCC2CCNC2=O)cc1Cl. The van der Waals surface area contributed by atoms with Gasteiger partial charge in [0.05, 0.1) is 0 Å². The van der Waals surface area contributed by atoms with Crippen LogP contribution in [-0.4, -0.2) is 22.2 Å². The van der Waals surface area contributed by atoms with Gasteiger partial charge in [-0.15, -0.1) is 0 Å². The summed E-state index contributed by atoms with van der Waals surface area (Å²) in [6.07, 6.45) is 3.37. The number of nitrogen functional groups attached to an aromatic ring is 1. The number of anilines is 1. The largest absolute Gasteiger partial charge is 0.381 e. The van der Waals surface area contributed by atoms with Gasteiger partial charge in [-0.2, -0.15) is 5.10 Å². The lowest BCUT2D eigenvalue weighted by molar-refractivity contribution is -0.122. The van der Waals surface area contributed by atoms with E-state index in [1.165, 1.54) is 0 Å². The molecular formula is C9H13ClN4O. The lowest BCUT2D eigenvalue weighted by atomic mass is 10.0. The minimum absolute atomic E-state index is 0.106. The topological polar surface area (TPSA) is 72.9 Å². The van der Waals surface area contributed by atoms with Crippen molar-refractivity contribution in [1.29, 1.82) is 0 Å². The summed E-state index contributed by atoms with van der Waals surface area (Å²) in [6, 6.07) is 0. The maximum absolute atomic E-state index is 11.3. The Balaban J connectivity index is 1.90. The average Bonchev–Trinajstić information content (AvgIpc) is 2.72. The summed E-state index contributed by atoms with van der Waals surface area (Å²) < 4.78 is 1.68. The number of carbonyl (C=O) groups is 1. The molecule has 0 aromatic carbocycles. The second kappa shape index (κ2) is 4.10. The normalized spacial score (nSPS) is 20.6. The number of nitrogens with zero attached hydrogens (tertiary/aromatic N) is 2. The highest BCUT2D eigenvalue weighted by atomic mass is 35.5. The van der Waals surface area contributed by atoms with E-state index in [1.54, 1.807) is 10.9 Å². The van der Waals surface area contributed by atoms with Crippen molar-refractivity contribution in [3.63, 3.8) is 0 Å². The monoisotopic (exact) mass is 228 g/mol. The molecule has 1 saturated heterocycles. The van der Waals surface area contributed by atoms with Crippen LogP contribution in [0.5, 0.6) is 0 Å². The Hall–Kier alpha value is -1.23. The maximum Gasteiger partial charge on any atom is 0.223 e. The summed E-state index contributed by atoms with van der Waals surface area (Å²) >= 11 is 5.77. The molecule has 2 heterocycles. The molecule has 1 fully saturated rings. The third-order valence-corrected chi connectivity index (χ3v) is 2.90. The molecule has 6 heteroatoms. The van der Waals surface area contributed by atoms with Gasteiger partial charge in [-0.3, -0.25) is 9.48 Å². The number of aromatic nitrogens is 2. The van der Waals surface area contributed by atoms with Gasteiger partial charge in [0, 0.05) is 25.2 Å². The number of halogens is 1. The first-order chi connectivity index (χ1) is 7.16. The van der Waals surface area contributed by atoms with E-state index in [0.717, 1.165) is 19.4 Å². The van der Waals surface area contributed by atoms with Crippen molar-refractivity contribution in [2.45, 2.75) is 19.4 Å². The average molecular weight is 229 g/mol. The van der Waals surface area contributed by atoms with Crippen LogP contribution < -0.4 is 11.1 Å². The minimum Gasteiger partial charge on any atom is -0.381 e. The van der Waals surface area contributed by atoms with Gasteiger partial charge >= 0.3 is 0 Å². The number of amides is 1. The molecule has 0 radical (unpaired) electrons. The molecule has 1 atom stereocenters. The minimum atomic E-state index is 0.106. The molecule has 3 N–H and O–H groups in total. The number of nitrogens with one attached hydrogen (secondary N) is 1. The highest BCUT2D eigenvalue weighted by Crippen LogP contribution is 2.18. The van der Waals surface area contributed by atoms with E-state index in [1.807, 2.05) is 0 Å². The zero-order chi connectivity index (χ0) is 10.8. The van der Waals surface area contributed by atoms with Gasteiger partial charge in [-0.05, 0) is 12.8 Å². The quantitative estimate of drug-likeness (QED) is 0.798. The Morgan fingerprint density at radius 2 is 2.53 bits per heavy atom. The fraction of sp³-hybridized carbons (Fsp3) is 0.556. The second-order valence-electron chi connectivity index (χ2n) is 3.69. The van der Waals surface area contributed by atoms with E-state index in [2.05, 4.69) is 10.4 Å². The Morgan fingerprint density at radius 1 is 1.73 bits per heavy atom. The van der Waals surface area contributed by atoms with Gasteiger partial charge in [-0.1, -0.05) is 11.6 Å². The van der Waals surface area contributed by atoms with Crippen molar-refractivity contribution >= 4 is 23.3 Å². The Kier molecular flexibility index (Phi) is 2.81. The van der Waals surface area contributed by atoms with Crippen LogP contribution in [0.3, 0.4) is 0 Å². The third kappa shape index (κ3) is 2.23. The van der Waals surface area contributed by atoms with Crippen molar-refractivity contribution in [3.8, 4) is 0 Å². The zero-order valence-corrected chi connectivity index (χ0v) is 9.00. The summed E-state index contributed by atoms with van der Waals surface area (Å²) in [5.41, 5.74) is 5.51. The molecule has 1 amide bonds. The standard InChI is InChI=1S/C9H13ClN4O/c10-7-5-14(13-8(7)11)4-2-6-1-3-12-9(6)15/h5-6H,1-4H2,(H2,11,13)(H,12,15). The van der Waals surface area contributed by atoms with Crippen molar-refractivity contribution in [3.05, 3.63) is 11.2 Å². The molecular weight excluding hydrogens is 216 g/mol. The number of carbonyl (C=O) groups excluding carboxylic acids is 1. The van der Waals surface area contributed by atoms with Gasteiger partial charge in [0.2, 0.25) is 5.91 Å². The molecule has 1 aromatic heterocycles. The van der Waals surface area contributed by atoms with E-state index in [-0.39, 0.29) is 11.8 Å². The molecule has 0 bridgehead atoms. The summed E-state index contributed by atoms with van der Waals surface area (Å²) in [6.45, 7) is 1.46. The van der Waals surface area contributed by atoms with Crippen molar-refractivity contribution in [2.75, 3.05) is 12.3 Å². The molecule has 1 unspecified atom stereocenters.